The largest absolute Gasteiger partial charge is 0.496 e. The van der Waals surface area contributed by atoms with Crippen LogP contribution in [0.5, 0.6) is 5.75 Å². The van der Waals surface area contributed by atoms with Crippen LogP contribution in [0.3, 0.4) is 0 Å². The SMILES string of the molecule is COCc1nc(Nc2cc(C3CC3)nn2C(C)C)c2c(n1)[nH]c1cc(-c3c(C)noc3C)c(OC)cc12. The molecule has 0 spiro atoms. The van der Waals surface area contributed by atoms with E-state index >= 15 is 0 Å². The fourth-order valence-electron chi connectivity index (χ4n) is 4.99. The molecule has 2 N–H and O–H groups in total. The second-order valence-electron chi connectivity index (χ2n) is 9.96. The molecule has 0 radical (unpaired) electrons. The number of aryl methyl sites for hydroxylation is 2. The second-order valence-corrected chi connectivity index (χ2v) is 9.96. The van der Waals surface area contributed by atoms with Crippen molar-refractivity contribution in [2.75, 3.05) is 19.5 Å². The predicted octanol–water partition coefficient (Wildman–Crippen LogP) is 5.94. The van der Waals surface area contributed by atoms with Crippen LogP contribution in [-0.4, -0.2) is 44.1 Å². The normalized spacial score (nSPS) is 13.8. The van der Waals surface area contributed by atoms with Crippen molar-refractivity contribution in [1.29, 1.82) is 0 Å². The summed E-state index contributed by atoms with van der Waals surface area (Å²) >= 11 is 0. The fraction of sp³-hybridized carbons (Fsp3) is 0.407. The Hall–Kier alpha value is -3.92. The van der Waals surface area contributed by atoms with E-state index in [4.69, 9.17) is 29.1 Å². The van der Waals surface area contributed by atoms with E-state index in [9.17, 15) is 0 Å². The van der Waals surface area contributed by atoms with Gasteiger partial charge in [-0.3, -0.25) is 0 Å². The van der Waals surface area contributed by atoms with Gasteiger partial charge in [-0.15, -0.1) is 0 Å². The molecule has 5 aromatic rings. The number of hydrogen-bond donors (Lipinski definition) is 2. The molecule has 0 saturated heterocycles. The number of anilines is 2. The third-order valence-electron chi connectivity index (χ3n) is 6.88. The Balaban J connectivity index is 1.56. The first-order valence-electron chi connectivity index (χ1n) is 12.6. The number of aromatic amines is 1. The van der Waals surface area contributed by atoms with Gasteiger partial charge in [-0.05, 0) is 52.7 Å². The highest BCUT2D eigenvalue weighted by molar-refractivity contribution is 6.13. The van der Waals surface area contributed by atoms with E-state index < -0.39 is 0 Å². The van der Waals surface area contributed by atoms with E-state index in [2.05, 4.69) is 41.4 Å². The van der Waals surface area contributed by atoms with Gasteiger partial charge >= 0.3 is 0 Å². The Labute approximate surface area is 214 Å². The van der Waals surface area contributed by atoms with Crippen molar-refractivity contribution in [1.82, 2.24) is 29.9 Å². The molecule has 6 rings (SSSR count). The molecule has 1 aliphatic carbocycles. The third-order valence-corrected chi connectivity index (χ3v) is 6.88. The number of benzene rings is 1. The van der Waals surface area contributed by atoms with Crippen LogP contribution in [0.25, 0.3) is 33.1 Å². The van der Waals surface area contributed by atoms with Crippen LogP contribution < -0.4 is 10.1 Å². The lowest BCUT2D eigenvalue weighted by Gasteiger charge is -2.14. The Morgan fingerprint density at radius 1 is 1.16 bits per heavy atom. The van der Waals surface area contributed by atoms with E-state index in [0.717, 1.165) is 61.8 Å². The van der Waals surface area contributed by atoms with E-state index in [1.165, 1.54) is 12.8 Å². The van der Waals surface area contributed by atoms with E-state index in [1.807, 2.05) is 24.6 Å². The summed E-state index contributed by atoms with van der Waals surface area (Å²) < 4.78 is 18.7. The molecule has 1 aromatic carbocycles. The number of ether oxygens (including phenoxy) is 2. The zero-order valence-corrected chi connectivity index (χ0v) is 22.0. The van der Waals surface area contributed by atoms with Gasteiger partial charge in [0.15, 0.2) is 5.82 Å². The molecule has 0 unspecified atom stereocenters. The van der Waals surface area contributed by atoms with Crippen LogP contribution >= 0.6 is 0 Å². The Morgan fingerprint density at radius 2 is 1.97 bits per heavy atom. The maximum atomic E-state index is 5.83. The number of aromatic nitrogens is 6. The van der Waals surface area contributed by atoms with Crippen LogP contribution in [-0.2, 0) is 11.3 Å². The van der Waals surface area contributed by atoms with Crippen molar-refractivity contribution in [3.05, 3.63) is 41.2 Å². The van der Waals surface area contributed by atoms with Gasteiger partial charge < -0.3 is 24.3 Å². The van der Waals surface area contributed by atoms with Crippen molar-refractivity contribution in [2.24, 2.45) is 0 Å². The number of rotatable bonds is 8. The average molecular weight is 502 g/mol. The van der Waals surface area contributed by atoms with Gasteiger partial charge in [0.25, 0.3) is 0 Å². The van der Waals surface area contributed by atoms with Gasteiger partial charge in [-0.25, -0.2) is 14.6 Å². The first-order valence-corrected chi connectivity index (χ1v) is 12.6. The Kier molecular flexibility index (Phi) is 5.63. The first-order chi connectivity index (χ1) is 17.9. The minimum absolute atomic E-state index is 0.200. The second kappa shape index (κ2) is 8.88. The molecule has 0 amide bonds. The van der Waals surface area contributed by atoms with Crippen molar-refractivity contribution in [2.45, 2.75) is 59.1 Å². The molecule has 37 heavy (non-hydrogen) atoms. The maximum Gasteiger partial charge on any atom is 0.158 e. The van der Waals surface area contributed by atoms with Crippen LogP contribution in [0, 0.1) is 13.8 Å². The lowest BCUT2D eigenvalue weighted by atomic mass is 10.0. The summed E-state index contributed by atoms with van der Waals surface area (Å²) in [6.45, 7) is 8.40. The smallest absolute Gasteiger partial charge is 0.158 e. The maximum absolute atomic E-state index is 5.83. The number of hydrogen-bond acceptors (Lipinski definition) is 8. The summed E-state index contributed by atoms with van der Waals surface area (Å²) in [4.78, 5) is 13.1. The number of methoxy groups -OCH3 is 2. The summed E-state index contributed by atoms with van der Waals surface area (Å²) in [5.74, 6) is 4.20. The summed E-state index contributed by atoms with van der Waals surface area (Å²) in [5, 5.41) is 14.4. The van der Waals surface area contributed by atoms with Gasteiger partial charge in [0.2, 0.25) is 0 Å². The molecule has 4 heterocycles. The highest BCUT2D eigenvalue weighted by atomic mass is 16.5. The van der Waals surface area contributed by atoms with Crippen LogP contribution in [0.1, 0.15) is 61.6 Å². The van der Waals surface area contributed by atoms with E-state index in [-0.39, 0.29) is 6.04 Å². The van der Waals surface area contributed by atoms with Gasteiger partial charge in [0.05, 0.1) is 29.4 Å². The standard InChI is InChI=1S/C27H31N7O3/c1-13(2)34-23(11-19(32-34)16-7-8-16)31-27-25-17-10-21(36-6)18(24-14(3)33-37-15(24)4)9-20(17)28-26(25)29-22(30-27)12-35-5/h9-11,13,16H,7-8,12H2,1-6H3,(H2,28,29,30,31). The summed E-state index contributed by atoms with van der Waals surface area (Å²) in [6, 6.07) is 6.43. The summed E-state index contributed by atoms with van der Waals surface area (Å²) in [5.41, 5.74) is 5.40. The summed E-state index contributed by atoms with van der Waals surface area (Å²) in [7, 11) is 3.31. The molecule has 1 saturated carbocycles. The fourth-order valence-corrected chi connectivity index (χ4v) is 4.99. The molecule has 0 atom stereocenters. The zero-order valence-electron chi connectivity index (χ0n) is 22.0. The summed E-state index contributed by atoms with van der Waals surface area (Å²) in [6.07, 6.45) is 2.39. The molecule has 192 valence electrons. The number of nitrogens with zero attached hydrogens (tertiary/aromatic N) is 5. The number of fused-ring (bicyclic) bond motifs is 3. The minimum Gasteiger partial charge on any atom is -0.496 e. The Bertz CT molecular complexity index is 1610. The average Bonchev–Trinajstić information content (AvgIpc) is 3.40. The van der Waals surface area contributed by atoms with Crippen LogP contribution in [0.2, 0.25) is 0 Å². The van der Waals surface area contributed by atoms with Crippen LogP contribution in [0.15, 0.2) is 22.7 Å². The lowest BCUT2D eigenvalue weighted by Crippen LogP contribution is -2.09. The molecule has 1 aliphatic rings. The van der Waals surface area contributed by atoms with Gasteiger partial charge in [-0.2, -0.15) is 5.10 Å². The molecular formula is C27H31N7O3. The molecule has 1 fully saturated rings. The molecule has 10 heteroatoms. The highest BCUT2D eigenvalue weighted by Crippen LogP contribution is 2.43. The quantitative estimate of drug-likeness (QED) is 0.268. The topological polar surface area (TPSA) is 116 Å². The van der Waals surface area contributed by atoms with Crippen molar-refractivity contribution < 1.29 is 14.0 Å². The number of H-pyrrole nitrogens is 1. The van der Waals surface area contributed by atoms with E-state index in [0.29, 0.717) is 24.2 Å². The van der Waals surface area contributed by atoms with Crippen molar-refractivity contribution >= 4 is 33.6 Å². The third kappa shape index (κ3) is 4.01. The van der Waals surface area contributed by atoms with Crippen molar-refractivity contribution in [3.8, 4) is 16.9 Å². The van der Waals surface area contributed by atoms with Gasteiger partial charge in [0, 0.05) is 41.6 Å². The molecule has 0 aliphatic heterocycles. The number of nitrogens with one attached hydrogen (secondary N) is 2. The van der Waals surface area contributed by atoms with Crippen LogP contribution in [0.4, 0.5) is 11.6 Å². The Morgan fingerprint density at radius 3 is 2.62 bits per heavy atom. The molecule has 10 nitrogen and oxygen atoms in total. The molecule has 4 aromatic heterocycles. The minimum atomic E-state index is 0.200. The molecular weight excluding hydrogens is 470 g/mol. The van der Waals surface area contributed by atoms with Gasteiger partial charge in [0.1, 0.15) is 35.4 Å². The lowest BCUT2D eigenvalue weighted by molar-refractivity contribution is 0.178. The molecule has 0 bridgehead atoms. The highest BCUT2D eigenvalue weighted by Gasteiger charge is 2.28. The monoisotopic (exact) mass is 501 g/mol. The van der Waals surface area contributed by atoms with Gasteiger partial charge in [-0.1, -0.05) is 5.16 Å². The first kappa shape index (κ1) is 23.5. The van der Waals surface area contributed by atoms with Crippen molar-refractivity contribution in [3.63, 3.8) is 0 Å². The van der Waals surface area contributed by atoms with E-state index in [1.54, 1.807) is 14.2 Å². The predicted molar refractivity (Wildman–Crippen MR) is 142 cm³/mol. The zero-order chi connectivity index (χ0) is 25.8.